The van der Waals surface area contributed by atoms with E-state index in [-0.39, 0.29) is 17.2 Å². The molecule has 8 heteroatoms. The highest BCUT2D eigenvalue weighted by molar-refractivity contribution is 7.99. The summed E-state index contributed by atoms with van der Waals surface area (Å²) in [5.41, 5.74) is 3.44. The molecule has 1 amide bonds. The Morgan fingerprint density at radius 2 is 1.94 bits per heavy atom. The van der Waals surface area contributed by atoms with Gasteiger partial charge in [-0.05, 0) is 36.8 Å². The van der Waals surface area contributed by atoms with Crippen molar-refractivity contribution in [3.63, 3.8) is 0 Å². The van der Waals surface area contributed by atoms with Gasteiger partial charge in [0.25, 0.3) is 5.56 Å². The van der Waals surface area contributed by atoms with E-state index in [2.05, 4.69) is 11.9 Å². The fourth-order valence-electron chi connectivity index (χ4n) is 3.21. The smallest absolute Gasteiger partial charge is 0.263 e. The average molecular weight is 482 g/mol. The van der Waals surface area contributed by atoms with Crippen LogP contribution in [-0.4, -0.2) is 21.2 Å². The molecule has 2 heterocycles. The maximum absolute atomic E-state index is 13.4. The van der Waals surface area contributed by atoms with Crippen molar-refractivity contribution in [2.75, 3.05) is 11.1 Å². The summed E-state index contributed by atoms with van der Waals surface area (Å²) in [6.45, 7) is 6.06. The molecule has 0 aliphatic carbocycles. The number of thioether (sulfide) groups is 1. The largest absolute Gasteiger partial charge is 0.325 e. The fourth-order valence-corrected chi connectivity index (χ4v) is 5.13. The summed E-state index contributed by atoms with van der Waals surface area (Å²) >= 11 is 8.65. The summed E-state index contributed by atoms with van der Waals surface area (Å²) in [5, 5.41) is 6.49. The Morgan fingerprint density at radius 1 is 1.22 bits per heavy atom. The van der Waals surface area contributed by atoms with Crippen LogP contribution < -0.4 is 10.9 Å². The van der Waals surface area contributed by atoms with Gasteiger partial charge in [-0.3, -0.25) is 14.2 Å². The summed E-state index contributed by atoms with van der Waals surface area (Å²) in [6.07, 6.45) is 1.65. The van der Waals surface area contributed by atoms with Crippen LogP contribution in [0.15, 0.2) is 76.5 Å². The Hall–Kier alpha value is -2.87. The van der Waals surface area contributed by atoms with Crippen LogP contribution in [0.1, 0.15) is 5.56 Å². The van der Waals surface area contributed by atoms with Crippen LogP contribution in [0.25, 0.3) is 21.3 Å². The minimum Gasteiger partial charge on any atom is -0.325 e. The number of fused-ring (bicyclic) bond motifs is 1. The number of benzene rings is 2. The van der Waals surface area contributed by atoms with Crippen molar-refractivity contribution in [1.82, 2.24) is 9.55 Å². The molecule has 0 saturated carbocycles. The number of thiophene rings is 1. The minimum absolute atomic E-state index is 0.137. The van der Waals surface area contributed by atoms with Crippen LogP contribution in [0.4, 0.5) is 5.69 Å². The van der Waals surface area contributed by atoms with Crippen LogP contribution >= 0.6 is 34.7 Å². The van der Waals surface area contributed by atoms with Gasteiger partial charge in [0.05, 0.1) is 11.1 Å². The van der Waals surface area contributed by atoms with Crippen LogP contribution in [0.5, 0.6) is 0 Å². The number of aryl methyl sites for hydroxylation is 1. The van der Waals surface area contributed by atoms with Gasteiger partial charge in [-0.1, -0.05) is 59.3 Å². The van der Waals surface area contributed by atoms with E-state index in [1.165, 1.54) is 23.1 Å². The van der Waals surface area contributed by atoms with E-state index in [9.17, 15) is 9.59 Å². The molecule has 5 nitrogen and oxygen atoms in total. The van der Waals surface area contributed by atoms with Gasteiger partial charge < -0.3 is 5.32 Å². The van der Waals surface area contributed by atoms with Gasteiger partial charge in [0.2, 0.25) is 5.91 Å². The topological polar surface area (TPSA) is 64.0 Å². The zero-order valence-electron chi connectivity index (χ0n) is 17.3. The lowest BCUT2D eigenvalue weighted by Gasteiger charge is -2.11. The molecule has 0 radical (unpaired) electrons. The predicted octanol–water partition coefficient (Wildman–Crippen LogP) is 6.00. The first kappa shape index (κ1) is 22.3. The molecule has 0 spiro atoms. The van der Waals surface area contributed by atoms with E-state index in [0.29, 0.717) is 26.9 Å². The van der Waals surface area contributed by atoms with Crippen molar-refractivity contribution < 1.29 is 4.79 Å². The van der Waals surface area contributed by atoms with Gasteiger partial charge in [-0.2, -0.15) is 0 Å². The second-order valence-corrected chi connectivity index (χ2v) is 9.38. The van der Waals surface area contributed by atoms with Crippen LogP contribution in [0, 0.1) is 6.92 Å². The third-order valence-electron chi connectivity index (χ3n) is 4.79. The fraction of sp³-hybridized carbons (Fsp3) is 0.125. The van der Waals surface area contributed by atoms with Crippen molar-refractivity contribution in [2.45, 2.75) is 18.6 Å². The molecule has 0 aliphatic rings. The highest BCUT2D eigenvalue weighted by atomic mass is 35.5. The Bertz CT molecular complexity index is 1340. The van der Waals surface area contributed by atoms with Crippen LogP contribution in [0.3, 0.4) is 0 Å². The number of carbonyl (C=O) groups excluding carboxylic acids is 1. The number of nitrogens with one attached hydrogen (secondary N) is 1. The minimum atomic E-state index is -0.161. The number of allylic oxidation sites excluding steroid dienone is 1. The maximum Gasteiger partial charge on any atom is 0.263 e. The standard InChI is InChI=1S/C24H20ClN3O2S2/c1-3-12-28-23(30)21-19(16-6-8-17(25)9-7-16)13-31-22(21)27-24(28)32-14-20(29)26-18-10-4-15(2)5-11-18/h3-11,13H,1,12,14H2,2H3,(H,26,29). The second kappa shape index (κ2) is 9.73. The van der Waals surface area contributed by atoms with E-state index in [1.807, 2.05) is 48.7 Å². The Kier molecular flexibility index (Phi) is 6.79. The number of anilines is 1. The van der Waals surface area contributed by atoms with Gasteiger partial charge in [-0.15, -0.1) is 17.9 Å². The summed E-state index contributed by atoms with van der Waals surface area (Å²) in [7, 11) is 0. The number of carbonyl (C=O) groups is 1. The molecule has 0 bridgehead atoms. The molecular weight excluding hydrogens is 462 g/mol. The number of amides is 1. The number of hydrogen-bond donors (Lipinski definition) is 1. The summed E-state index contributed by atoms with van der Waals surface area (Å²) < 4.78 is 1.56. The third kappa shape index (κ3) is 4.80. The van der Waals surface area contributed by atoms with Gasteiger partial charge in [0.15, 0.2) is 5.16 Å². The van der Waals surface area contributed by atoms with E-state index >= 15 is 0 Å². The van der Waals surface area contributed by atoms with Crippen molar-refractivity contribution in [2.24, 2.45) is 0 Å². The monoisotopic (exact) mass is 481 g/mol. The Balaban J connectivity index is 1.63. The van der Waals surface area contributed by atoms with Crippen molar-refractivity contribution >= 4 is 56.5 Å². The summed E-state index contributed by atoms with van der Waals surface area (Å²) in [6, 6.07) is 15.0. The molecule has 4 aromatic rings. The molecule has 2 aromatic carbocycles. The second-order valence-electron chi connectivity index (χ2n) is 7.14. The van der Waals surface area contributed by atoms with Gasteiger partial charge in [-0.25, -0.2) is 4.98 Å². The van der Waals surface area contributed by atoms with E-state index in [4.69, 9.17) is 16.6 Å². The number of hydrogen-bond acceptors (Lipinski definition) is 5. The highest BCUT2D eigenvalue weighted by Crippen LogP contribution is 2.32. The Morgan fingerprint density at radius 3 is 2.62 bits per heavy atom. The van der Waals surface area contributed by atoms with Gasteiger partial charge in [0.1, 0.15) is 4.83 Å². The lowest BCUT2D eigenvalue weighted by molar-refractivity contribution is -0.113. The lowest BCUT2D eigenvalue weighted by atomic mass is 10.1. The quantitative estimate of drug-likeness (QED) is 0.199. The molecule has 0 unspecified atom stereocenters. The van der Waals surface area contributed by atoms with Crippen LogP contribution in [-0.2, 0) is 11.3 Å². The SMILES string of the molecule is C=CCn1c(SCC(=O)Nc2ccc(C)cc2)nc2scc(-c3ccc(Cl)cc3)c2c1=O. The molecule has 0 aliphatic heterocycles. The number of aromatic nitrogens is 2. The first-order valence-corrected chi connectivity index (χ1v) is 12.1. The zero-order chi connectivity index (χ0) is 22.7. The van der Waals surface area contributed by atoms with Gasteiger partial charge in [0, 0.05) is 28.2 Å². The zero-order valence-corrected chi connectivity index (χ0v) is 19.7. The summed E-state index contributed by atoms with van der Waals surface area (Å²) in [5.74, 6) is -0.0235. The number of nitrogens with zero attached hydrogens (tertiary/aromatic N) is 2. The molecule has 0 atom stereocenters. The predicted molar refractivity (Wildman–Crippen MR) is 135 cm³/mol. The normalized spacial score (nSPS) is 10.9. The van der Waals surface area contributed by atoms with Crippen molar-refractivity contribution in [3.8, 4) is 11.1 Å². The molecule has 4 rings (SSSR count). The molecule has 0 fully saturated rings. The molecule has 0 saturated heterocycles. The molecule has 1 N–H and O–H groups in total. The average Bonchev–Trinajstić information content (AvgIpc) is 3.21. The third-order valence-corrected chi connectivity index (χ3v) is 6.89. The first-order valence-electron chi connectivity index (χ1n) is 9.84. The van der Waals surface area contributed by atoms with Crippen LogP contribution in [0.2, 0.25) is 5.02 Å². The number of halogens is 1. The number of rotatable bonds is 7. The Labute approximate surface area is 198 Å². The molecule has 32 heavy (non-hydrogen) atoms. The lowest BCUT2D eigenvalue weighted by Crippen LogP contribution is -2.23. The molecule has 162 valence electrons. The van der Waals surface area contributed by atoms with E-state index < -0.39 is 0 Å². The molecular formula is C24H20ClN3O2S2. The summed E-state index contributed by atoms with van der Waals surface area (Å²) in [4.78, 5) is 31.1. The first-order chi connectivity index (χ1) is 15.5. The van der Waals surface area contributed by atoms with E-state index in [0.717, 1.165) is 22.4 Å². The highest BCUT2D eigenvalue weighted by Gasteiger charge is 2.18. The van der Waals surface area contributed by atoms with Gasteiger partial charge >= 0.3 is 0 Å². The maximum atomic E-state index is 13.4. The molecule has 2 aromatic heterocycles. The van der Waals surface area contributed by atoms with Crippen molar-refractivity contribution in [3.05, 3.63) is 87.5 Å². The van der Waals surface area contributed by atoms with Crippen molar-refractivity contribution in [1.29, 1.82) is 0 Å². The van der Waals surface area contributed by atoms with E-state index in [1.54, 1.807) is 22.8 Å².